The third kappa shape index (κ3) is 2.57. The van der Waals surface area contributed by atoms with Crippen molar-refractivity contribution < 1.29 is 0 Å². The molecule has 0 aromatic carbocycles. The Labute approximate surface area is 118 Å². The second kappa shape index (κ2) is 5.01. The van der Waals surface area contributed by atoms with Crippen LogP contribution in [0.15, 0.2) is 0 Å². The Morgan fingerprint density at radius 1 is 1.11 bits per heavy atom. The van der Waals surface area contributed by atoms with E-state index in [1.807, 2.05) is 0 Å². The first-order valence-electron chi connectivity index (χ1n) is 8.24. The van der Waals surface area contributed by atoms with E-state index in [-0.39, 0.29) is 0 Å². The lowest BCUT2D eigenvalue weighted by atomic mass is 9.87. The molecular formula is C16H31N3. The van der Waals surface area contributed by atoms with E-state index in [0.29, 0.717) is 11.0 Å². The standard InChI is InChI=1S/C16H31N3/c1-15(2)6-7-16(12-15,13-17)19-10-5-14(11-19)18-8-3-4-9-18/h14H,3-13,17H2,1-2H3. The van der Waals surface area contributed by atoms with Crippen LogP contribution in [0.4, 0.5) is 0 Å². The van der Waals surface area contributed by atoms with Gasteiger partial charge in [-0.05, 0) is 57.0 Å². The van der Waals surface area contributed by atoms with E-state index < -0.39 is 0 Å². The summed E-state index contributed by atoms with van der Waals surface area (Å²) in [5.41, 5.74) is 7.02. The van der Waals surface area contributed by atoms with E-state index >= 15 is 0 Å². The fraction of sp³-hybridized carbons (Fsp3) is 1.00. The number of rotatable bonds is 3. The van der Waals surface area contributed by atoms with Crippen molar-refractivity contribution in [1.29, 1.82) is 0 Å². The predicted octanol–water partition coefficient (Wildman–Crippen LogP) is 2.06. The van der Waals surface area contributed by atoms with E-state index in [9.17, 15) is 0 Å². The van der Waals surface area contributed by atoms with Crippen LogP contribution in [0.25, 0.3) is 0 Å². The summed E-state index contributed by atoms with van der Waals surface area (Å²) in [7, 11) is 0. The van der Waals surface area contributed by atoms with Gasteiger partial charge in [-0.2, -0.15) is 0 Å². The van der Waals surface area contributed by atoms with Gasteiger partial charge in [-0.25, -0.2) is 0 Å². The fourth-order valence-corrected chi connectivity index (χ4v) is 4.79. The topological polar surface area (TPSA) is 32.5 Å². The molecule has 19 heavy (non-hydrogen) atoms. The average Bonchev–Trinajstić information content (AvgIpc) is 3.06. The van der Waals surface area contributed by atoms with Crippen LogP contribution >= 0.6 is 0 Å². The van der Waals surface area contributed by atoms with Gasteiger partial charge in [-0.15, -0.1) is 0 Å². The molecule has 0 spiro atoms. The molecule has 3 heteroatoms. The molecule has 3 rings (SSSR count). The van der Waals surface area contributed by atoms with E-state index in [0.717, 1.165) is 12.6 Å². The van der Waals surface area contributed by atoms with Crippen LogP contribution in [0, 0.1) is 5.41 Å². The van der Waals surface area contributed by atoms with Crippen molar-refractivity contribution in [1.82, 2.24) is 9.80 Å². The van der Waals surface area contributed by atoms with E-state index in [1.165, 1.54) is 64.7 Å². The van der Waals surface area contributed by atoms with Gasteiger partial charge < -0.3 is 5.73 Å². The van der Waals surface area contributed by atoms with Gasteiger partial charge >= 0.3 is 0 Å². The highest BCUT2D eigenvalue weighted by Crippen LogP contribution is 2.47. The first-order chi connectivity index (χ1) is 9.05. The Balaban J connectivity index is 1.66. The van der Waals surface area contributed by atoms with Crippen LogP contribution in [0.2, 0.25) is 0 Å². The van der Waals surface area contributed by atoms with Crippen LogP contribution in [0.1, 0.15) is 52.4 Å². The first-order valence-corrected chi connectivity index (χ1v) is 8.24. The van der Waals surface area contributed by atoms with Gasteiger partial charge in [0.2, 0.25) is 0 Å². The van der Waals surface area contributed by atoms with Crippen molar-refractivity contribution in [3.8, 4) is 0 Å². The molecule has 2 N–H and O–H groups in total. The van der Waals surface area contributed by atoms with Crippen LogP contribution < -0.4 is 5.73 Å². The number of nitrogens with zero attached hydrogens (tertiary/aromatic N) is 2. The lowest BCUT2D eigenvalue weighted by Gasteiger charge is -2.39. The zero-order valence-corrected chi connectivity index (χ0v) is 12.8. The number of nitrogens with two attached hydrogens (primary N) is 1. The Morgan fingerprint density at radius 3 is 2.42 bits per heavy atom. The van der Waals surface area contributed by atoms with Gasteiger partial charge in [0.25, 0.3) is 0 Å². The summed E-state index contributed by atoms with van der Waals surface area (Å²) < 4.78 is 0. The van der Waals surface area contributed by atoms with E-state index in [4.69, 9.17) is 5.73 Å². The van der Waals surface area contributed by atoms with Crippen molar-refractivity contribution in [2.45, 2.75) is 64.0 Å². The smallest absolute Gasteiger partial charge is 0.0337 e. The van der Waals surface area contributed by atoms with Crippen molar-refractivity contribution in [3.05, 3.63) is 0 Å². The lowest BCUT2D eigenvalue weighted by molar-refractivity contribution is 0.105. The molecule has 0 bridgehead atoms. The highest BCUT2D eigenvalue weighted by molar-refractivity contribution is 5.05. The molecule has 3 aliphatic rings. The van der Waals surface area contributed by atoms with E-state index in [1.54, 1.807) is 0 Å². The predicted molar refractivity (Wildman–Crippen MR) is 80.2 cm³/mol. The van der Waals surface area contributed by atoms with Gasteiger partial charge in [-0.3, -0.25) is 9.80 Å². The maximum Gasteiger partial charge on any atom is 0.0337 e. The second-order valence-electron chi connectivity index (χ2n) is 7.90. The quantitative estimate of drug-likeness (QED) is 0.848. The molecular weight excluding hydrogens is 234 g/mol. The van der Waals surface area contributed by atoms with Crippen LogP contribution in [-0.4, -0.2) is 54.1 Å². The molecule has 1 aliphatic carbocycles. The summed E-state index contributed by atoms with van der Waals surface area (Å²) >= 11 is 0. The monoisotopic (exact) mass is 265 g/mol. The number of hydrogen-bond donors (Lipinski definition) is 1. The molecule has 2 heterocycles. The summed E-state index contributed by atoms with van der Waals surface area (Å²) in [5, 5.41) is 0. The molecule has 2 saturated heterocycles. The van der Waals surface area contributed by atoms with Crippen LogP contribution in [0.5, 0.6) is 0 Å². The third-order valence-electron chi connectivity index (χ3n) is 5.95. The lowest BCUT2D eigenvalue weighted by Crippen LogP contribution is -2.52. The SMILES string of the molecule is CC1(C)CCC(CN)(N2CCC(N3CCCC3)C2)C1. The number of likely N-dealkylation sites (tertiary alicyclic amines) is 2. The zero-order valence-electron chi connectivity index (χ0n) is 12.8. The van der Waals surface area contributed by atoms with Crippen molar-refractivity contribution in [2.75, 3.05) is 32.7 Å². The molecule has 2 atom stereocenters. The molecule has 0 aromatic heterocycles. The minimum absolute atomic E-state index is 0.317. The van der Waals surface area contributed by atoms with Crippen LogP contribution in [0.3, 0.4) is 0 Å². The maximum atomic E-state index is 6.21. The molecule has 110 valence electrons. The average molecular weight is 265 g/mol. The molecule has 1 saturated carbocycles. The van der Waals surface area contributed by atoms with Crippen LogP contribution in [-0.2, 0) is 0 Å². The van der Waals surface area contributed by atoms with E-state index in [2.05, 4.69) is 23.6 Å². The van der Waals surface area contributed by atoms with Crippen molar-refractivity contribution >= 4 is 0 Å². The summed E-state index contributed by atoms with van der Waals surface area (Å²) in [6.07, 6.45) is 8.13. The fourth-order valence-electron chi connectivity index (χ4n) is 4.79. The Kier molecular flexibility index (Phi) is 3.65. The Bertz CT molecular complexity index is 322. The van der Waals surface area contributed by atoms with Gasteiger partial charge in [0.15, 0.2) is 0 Å². The highest BCUT2D eigenvalue weighted by Gasteiger charge is 2.48. The zero-order chi connectivity index (χ0) is 13.5. The first kappa shape index (κ1) is 13.8. The van der Waals surface area contributed by atoms with Gasteiger partial charge in [-0.1, -0.05) is 13.8 Å². The minimum Gasteiger partial charge on any atom is -0.329 e. The molecule has 2 aliphatic heterocycles. The van der Waals surface area contributed by atoms with Gasteiger partial charge in [0.1, 0.15) is 0 Å². The van der Waals surface area contributed by atoms with Crippen molar-refractivity contribution in [3.63, 3.8) is 0 Å². The maximum absolute atomic E-state index is 6.21. The molecule has 3 nitrogen and oxygen atoms in total. The number of hydrogen-bond acceptors (Lipinski definition) is 3. The highest BCUT2D eigenvalue weighted by atomic mass is 15.3. The molecule has 0 amide bonds. The van der Waals surface area contributed by atoms with Crippen molar-refractivity contribution in [2.24, 2.45) is 11.1 Å². The molecule has 0 radical (unpaired) electrons. The second-order valence-corrected chi connectivity index (χ2v) is 7.90. The summed E-state index contributed by atoms with van der Waals surface area (Å²) in [5.74, 6) is 0. The minimum atomic E-state index is 0.317. The van der Waals surface area contributed by atoms with Gasteiger partial charge in [0, 0.05) is 31.2 Å². The summed E-state index contributed by atoms with van der Waals surface area (Å²) in [6, 6.07) is 0.814. The molecule has 0 aromatic rings. The molecule has 3 fully saturated rings. The molecule has 2 unspecified atom stereocenters. The van der Waals surface area contributed by atoms with Gasteiger partial charge in [0.05, 0.1) is 0 Å². The summed E-state index contributed by atoms with van der Waals surface area (Å²) in [4.78, 5) is 5.48. The largest absolute Gasteiger partial charge is 0.329 e. The summed E-state index contributed by atoms with van der Waals surface area (Å²) in [6.45, 7) is 10.9. The Morgan fingerprint density at radius 2 is 1.84 bits per heavy atom. The normalized spacial score (nSPS) is 40.3. The Hall–Kier alpha value is -0.120. The third-order valence-corrected chi connectivity index (χ3v) is 5.95.